The number of benzene rings is 1. The van der Waals surface area contributed by atoms with Gasteiger partial charge in [0.15, 0.2) is 0 Å². The quantitative estimate of drug-likeness (QED) is 0.722. The lowest BCUT2D eigenvalue weighted by atomic mass is 10.0. The summed E-state index contributed by atoms with van der Waals surface area (Å²) in [5.41, 5.74) is 1.41. The molecule has 1 aliphatic heterocycles. The minimum absolute atomic E-state index is 0.0424. The van der Waals surface area contributed by atoms with Crippen LogP contribution in [-0.2, 0) is 11.2 Å². The molecule has 0 aromatic heterocycles. The maximum Gasteiger partial charge on any atom is 0.224 e. The van der Waals surface area contributed by atoms with E-state index in [9.17, 15) is 9.90 Å². The summed E-state index contributed by atoms with van der Waals surface area (Å²) in [6, 6.07) is 7.91. The van der Waals surface area contributed by atoms with Crippen molar-refractivity contribution in [2.75, 3.05) is 19.6 Å². The number of carbonyl (C=O) groups is 1. The Kier molecular flexibility index (Phi) is 3.99. The maximum atomic E-state index is 11.8. The summed E-state index contributed by atoms with van der Waals surface area (Å²) in [5, 5.41) is 16.0. The highest BCUT2D eigenvalue weighted by atomic mass is 16.3. The second-order valence-electron chi connectivity index (χ2n) is 5.09. The normalized spacial score (nSPS) is 23.0. The van der Waals surface area contributed by atoms with Crippen molar-refractivity contribution in [2.45, 2.75) is 25.4 Å². The number of carbonyl (C=O) groups excluding carboxylic acids is 1. The lowest BCUT2D eigenvalue weighted by Gasteiger charge is -2.21. The van der Waals surface area contributed by atoms with Crippen LogP contribution in [0.15, 0.2) is 24.3 Å². The van der Waals surface area contributed by atoms with Gasteiger partial charge in [0.2, 0.25) is 5.91 Å². The van der Waals surface area contributed by atoms with Gasteiger partial charge in [-0.15, -0.1) is 0 Å². The molecule has 0 bridgehead atoms. The van der Waals surface area contributed by atoms with Crippen molar-refractivity contribution in [3.63, 3.8) is 0 Å². The molecule has 0 radical (unpaired) electrons. The number of β-amino-alcohol motifs (C(OH)–C–C–N with tert-alkyl or cyclic N) is 1. The number of nitrogens with one attached hydrogen (secondary N) is 2. The zero-order valence-electron chi connectivity index (χ0n) is 10.7. The molecule has 1 heterocycles. The Morgan fingerprint density at radius 3 is 2.78 bits per heavy atom. The summed E-state index contributed by atoms with van der Waals surface area (Å²) in [4.78, 5) is 11.8. The van der Waals surface area contributed by atoms with E-state index in [1.54, 1.807) is 0 Å². The number of rotatable bonds is 4. The average molecular weight is 248 g/mol. The Balaban J connectivity index is 1.80. The third kappa shape index (κ3) is 3.55. The molecular weight excluding hydrogens is 228 g/mol. The highest BCUT2D eigenvalue weighted by Crippen LogP contribution is 2.12. The van der Waals surface area contributed by atoms with Crippen LogP contribution in [0, 0.1) is 6.92 Å². The number of hydrogen-bond donors (Lipinski definition) is 3. The van der Waals surface area contributed by atoms with Crippen molar-refractivity contribution in [1.29, 1.82) is 0 Å². The van der Waals surface area contributed by atoms with Crippen LogP contribution in [-0.4, -0.2) is 36.2 Å². The van der Waals surface area contributed by atoms with Gasteiger partial charge in [-0.25, -0.2) is 0 Å². The van der Waals surface area contributed by atoms with Gasteiger partial charge in [0.05, 0.1) is 12.0 Å². The first kappa shape index (κ1) is 13.1. The monoisotopic (exact) mass is 248 g/mol. The van der Waals surface area contributed by atoms with Crippen molar-refractivity contribution >= 4 is 5.91 Å². The number of amides is 1. The van der Waals surface area contributed by atoms with E-state index in [0.717, 1.165) is 12.1 Å². The molecule has 2 rings (SSSR count). The lowest BCUT2D eigenvalue weighted by molar-refractivity contribution is -0.121. The first-order valence-corrected chi connectivity index (χ1v) is 6.33. The molecule has 3 N–H and O–H groups in total. The molecule has 1 amide bonds. The van der Waals surface area contributed by atoms with Gasteiger partial charge in [0.1, 0.15) is 0 Å². The first-order valence-electron chi connectivity index (χ1n) is 6.33. The number of hydrogen-bond acceptors (Lipinski definition) is 3. The van der Waals surface area contributed by atoms with Gasteiger partial charge in [-0.1, -0.05) is 29.8 Å². The summed E-state index contributed by atoms with van der Waals surface area (Å²) >= 11 is 0. The Hall–Kier alpha value is -1.39. The van der Waals surface area contributed by atoms with E-state index < -0.39 is 5.60 Å². The molecule has 4 heteroatoms. The van der Waals surface area contributed by atoms with Crippen LogP contribution in [0.1, 0.15) is 17.5 Å². The molecule has 1 fully saturated rings. The van der Waals surface area contributed by atoms with E-state index in [2.05, 4.69) is 10.6 Å². The van der Waals surface area contributed by atoms with Gasteiger partial charge in [-0.3, -0.25) is 4.79 Å². The van der Waals surface area contributed by atoms with Crippen molar-refractivity contribution in [3.05, 3.63) is 35.4 Å². The van der Waals surface area contributed by atoms with Crippen molar-refractivity contribution in [1.82, 2.24) is 10.6 Å². The van der Waals surface area contributed by atoms with Crippen LogP contribution in [0.25, 0.3) is 0 Å². The lowest BCUT2D eigenvalue weighted by Crippen LogP contribution is -2.44. The summed E-state index contributed by atoms with van der Waals surface area (Å²) in [6.07, 6.45) is 1.06. The summed E-state index contributed by atoms with van der Waals surface area (Å²) in [5.74, 6) is -0.0424. The third-order valence-electron chi connectivity index (χ3n) is 3.32. The smallest absolute Gasteiger partial charge is 0.224 e. The van der Waals surface area contributed by atoms with Crippen molar-refractivity contribution in [3.8, 4) is 0 Å². The molecule has 1 saturated heterocycles. The molecule has 98 valence electrons. The van der Waals surface area contributed by atoms with E-state index in [1.165, 1.54) is 5.56 Å². The van der Waals surface area contributed by atoms with E-state index in [4.69, 9.17) is 0 Å². The summed E-state index contributed by atoms with van der Waals surface area (Å²) in [7, 11) is 0. The zero-order chi connectivity index (χ0) is 13.0. The van der Waals surface area contributed by atoms with Gasteiger partial charge in [0.25, 0.3) is 0 Å². The predicted octanol–water partition coefficient (Wildman–Crippen LogP) is 0.378. The largest absolute Gasteiger partial charge is 0.387 e. The second kappa shape index (κ2) is 5.50. The maximum absolute atomic E-state index is 11.8. The Morgan fingerprint density at radius 1 is 1.44 bits per heavy atom. The molecule has 0 aliphatic carbocycles. The molecule has 0 spiro atoms. The molecule has 1 aromatic rings. The first-order chi connectivity index (χ1) is 8.57. The highest BCUT2D eigenvalue weighted by molar-refractivity contribution is 5.78. The second-order valence-corrected chi connectivity index (χ2v) is 5.09. The van der Waals surface area contributed by atoms with Gasteiger partial charge >= 0.3 is 0 Å². The SMILES string of the molecule is Cc1ccc(CC(=O)NCC2(O)CCNC2)cc1. The van der Waals surface area contributed by atoms with Crippen LogP contribution >= 0.6 is 0 Å². The topological polar surface area (TPSA) is 61.4 Å². The van der Waals surface area contributed by atoms with E-state index in [0.29, 0.717) is 25.9 Å². The molecule has 1 aromatic carbocycles. The van der Waals surface area contributed by atoms with Crippen molar-refractivity contribution < 1.29 is 9.90 Å². The standard InChI is InChI=1S/C14H20N2O2/c1-11-2-4-12(5-3-11)8-13(17)16-10-14(18)6-7-15-9-14/h2-5,15,18H,6-10H2,1H3,(H,16,17). The van der Waals surface area contributed by atoms with Gasteiger partial charge < -0.3 is 15.7 Å². The molecule has 4 nitrogen and oxygen atoms in total. The Morgan fingerprint density at radius 2 is 2.17 bits per heavy atom. The van der Waals surface area contributed by atoms with Crippen LogP contribution in [0.2, 0.25) is 0 Å². The Labute approximate surface area is 107 Å². The number of aliphatic hydroxyl groups is 1. The average Bonchev–Trinajstić information content (AvgIpc) is 2.78. The van der Waals surface area contributed by atoms with Crippen LogP contribution < -0.4 is 10.6 Å². The van der Waals surface area contributed by atoms with E-state index >= 15 is 0 Å². The predicted molar refractivity (Wildman–Crippen MR) is 70.3 cm³/mol. The summed E-state index contributed by atoms with van der Waals surface area (Å²) < 4.78 is 0. The summed E-state index contributed by atoms with van der Waals surface area (Å²) in [6.45, 7) is 3.71. The van der Waals surface area contributed by atoms with Gasteiger partial charge in [-0.2, -0.15) is 0 Å². The molecule has 1 atom stereocenters. The van der Waals surface area contributed by atoms with Gasteiger partial charge in [-0.05, 0) is 25.5 Å². The third-order valence-corrected chi connectivity index (χ3v) is 3.32. The minimum atomic E-state index is -0.775. The fourth-order valence-corrected chi connectivity index (χ4v) is 2.10. The zero-order valence-corrected chi connectivity index (χ0v) is 10.7. The van der Waals surface area contributed by atoms with E-state index in [1.807, 2.05) is 31.2 Å². The molecule has 18 heavy (non-hydrogen) atoms. The molecule has 1 aliphatic rings. The van der Waals surface area contributed by atoms with Crippen LogP contribution in [0.4, 0.5) is 0 Å². The minimum Gasteiger partial charge on any atom is -0.387 e. The number of aryl methyl sites for hydroxylation is 1. The molecule has 0 saturated carbocycles. The molecular formula is C14H20N2O2. The van der Waals surface area contributed by atoms with Crippen LogP contribution in [0.3, 0.4) is 0 Å². The van der Waals surface area contributed by atoms with Crippen molar-refractivity contribution in [2.24, 2.45) is 0 Å². The van der Waals surface area contributed by atoms with E-state index in [-0.39, 0.29) is 5.91 Å². The fraction of sp³-hybridized carbons (Fsp3) is 0.500. The molecule has 1 unspecified atom stereocenters. The van der Waals surface area contributed by atoms with Gasteiger partial charge in [0, 0.05) is 13.1 Å². The Bertz CT molecular complexity index is 408. The highest BCUT2D eigenvalue weighted by Gasteiger charge is 2.31. The fourth-order valence-electron chi connectivity index (χ4n) is 2.10. The van der Waals surface area contributed by atoms with Crippen LogP contribution in [0.5, 0.6) is 0 Å².